The molecule has 0 saturated carbocycles. The molecule has 53 heavy (non-hydrogen) atoms. The van der Waals surface area contributed by atoms with Crippen LogP contribution < -0.4 is 5.32 Å². The number of allylic oxidation sites excluding steroid dienone is 7. The molecule has 0 bridgehead atoms. The Morgan fingerprint density at radius 1 is 0.623 bits per heavy atom. The second-order valence-electron chi connectivity index (χ2n) is 15.7. The number of rotatable bonds is 38. The molecule has 0 heterocycles. The Hall–Kier alpha value is -1.54. The lowest BCUT2D eigenvalue weighted by molar-refractivity contribution is -0.870. The van der Waals surface area contributed by atoms with E-state index in [1.54, 1.807) is 6.08 Å². The van der Waals surface area contributed by atoms with Crippen LogP contribution in [0.4, 0.5) is 0 Å². The molecule has 0 aromatic carbocycles. The number of hydrogen-bond acceptors (Lipinski definition) is 5. The molecule has 0 aromatic rings. The second kappa shape index (κ2) is 36.1. The molecule has 3 unspecified atom stereocenters. The van der Waals surface area contributed by atoms with Crippen molar-refractivity contribution < 1.29 is 32.9 Å². The van der Waals surface area contributed by atoms with Crippen LogP contribution in [0.3, 0.4) is 0 Å². The number of hydrogen-bond donors (Lipinski definition) is 3. The topological polar surface area (TPSA) is 105 Å². The maximum absolute atomic E-state index is 12.8. The van der Waals surface area contributed by atoms with E-state index in [0.29, 0.717) is 17.4 Å². The third kappa shape index (κ3) is 38.5. The van der Waals surface area contributed by atoms with Gasteiger partial charge in [-0.3, -0.25) is 13.8 Å². The molecule has 0 fully saturated rings. The minimum atomic E-state index is -4.35. The Balaban J connectivity index is 4.51. The molecule has 0 aliphatic heterocycles. The van der Waals surface area contributed by atoms with Crippen molar-refractivity contribution in [3.63, 3.8) is 0 Å². The van der Waals surface area contributed by atoms with E-state index in [1.807, 2.05) is 27.2 Å². The van der Waals surface area contributed by atoms with Crippen molar-refractivity contribution in [3.05, 3.63) is 48.6 Å². The summed E-state index contributed by atoms with van der Waals surface area (Å²) in [5.41, 5.74) is 0. The van der Waals surface area contributed by atoms with Crippen molar-refractivity contribution in [3.8, 4) is 0 Å². The summed E-state index contributed by atoms with van der Waals surface area (Å²) >= 11 is 0. The van der Waals surface area contributed by atoms with Gasteiger partial charge in [-0.2, -0.15) is 0 Å². The summed E-state index contributed by atoms with van der Waals surface area (Å²) in [4.78, 5) is 23.0. The van der Waals surface area contributed by atoms with Gasteiger partial charge in [0.1, 0.15) is 13.2 Å². The number of aliphatic hydroxyl groups excluding tert-OH is 1. The van der Waals surface area contributed by atoms with Gasteiger partial charge >= 0.3 is 7.82 Å². The lowest BCUT2D eigenvalue weighted by Crippen LogP contribution is -2.45. The zero-order chi connectivity index (χ0) is 39.3. The van der Waals surface area contributed by atoms with Crippen LogP contribution in [0.5, 0.6) is 0 Å². The number of nitrogens with one attached hydrogen (secondary N) is 1. The van der Waals surface area contributed by atoms with Crippen molar-refractivity contribution in [1.82, 2.24) is 5.32 Å². The molecule has 0 radical (unpaired) electrons. The van der Waals surface area contributed by atoms with Crippen molar-refractivity contribution >= 4 is 13.7 Å². The molecular weight excluding hydrogens is 683 g/mol. The summed E-state index contributed by atoms with van der Waals surface area (Å²) in [5.74, 6) is -0.205. The number of quaternary nitrogens is 1. The van der Waals surface area contributed by atoms with Crippen LogP contribution >= 0.6 is 7.82 Å². The van der Waals surface area contributed by atoms with Gasteiger partial charge in [0.05, 0.1) is 39.9 Å². The highest BCUT2D eigenvalue weighted by Crippen LogP contribution is 2.43. The van der Waals surface area contributed by atoms with Gasteiger partial charge in [-0.25, -0.2) is 4.57 Å². The molecule has 0 rings (SSSR count). The van der Waals surface area contributed by atoms with Crippen LogP contribution in [-0.4, -0.2) is 73.4 Å². The van der Waals surface area contributed by atoms with E-state index < -0.39 is 20.0 Å². The van der Waals surface area contributed by atoms with Gasteiger partial charge in [-0.1, -0.05) is 152 Å². The Morgan fingerprint density at radius 2 is 1.06 bits per heavy atom. The zero-order valence-electron chi connectivity index (χ0n) is 35.0. The van der Waals surface area contributed by atoms with Gasteiger partial charge < -0.3 is 19.8 Å². The number of unbranched alkanes of at least 4 members (excludes halogenated alkanes) is 19. The van der Waals surface area contributed by atoms with Gasteiger partial charge in [0.25, 0.3) is 0 Å². The maximum atomic E-state index is 12.8. The highest BCUT2D eigenvalue weighted by molar-refractivity contribution is 7.47. The predicted octanol–water partition coefficient (Wildman–Crippen LogP) is 11.7. The predicted molar refractivity (Wildman–Crippen MR) is 226 cm³/mol. The molecule has 0 spiro atoms. The standard InChI is InChI=1S/C44H83N2O6P/c1-6-8-10-12-14-16-18-19-20-21-22-23-24-25-26-28-29-31-33-35-37-43(47)42(41-52-53(49,50)51-40-39-46(3,4)5)45-44(48)38-36-34-32-30-27-17-15-13-11-9-7-2/h13,15,23-24,28-29,35,37,42-43,47H,6-12,14,16-22,25-27,30-34,36,38-41H2,1-5H3,(H-,45,48,49,50)/p+1/b15-13-,24-23+,29-28+,37-35+. The van der Waals surface area contributed by atoms with Crippen LogP contribution in [0.25, 0.3) is 0 Å². The molecule has 3 N–H and O–H groups in total. The summed E-state index contributed by atoms with van der Waals surface area (Å²) < 4.78 is 23.5. The molecule has 9 heteroatoms. The van der Waals surface area contributed by atoms with Crippen LogP contribution in [0, 0.1) is 0 Å². The fourth-order valence-corrected chi connectivity index (χ4v) is 6.49. The van der Waals surface area contributed by atoms with E-state index >= 15 is 0 Å². The molecule has 0 aromatic heterocycles. The fourth-order valence-electron chi connectivity index (χ4n) is 5.76. The maximum Gasteiger partial charge on any atom is 0.472 e. The van der Waals surface area contributed by atoms with Crippen molar-refractivity contribution in [2.45, 2.75) is 187 Å². The number of phosphoric acid groups is 1. The van der Waals surface area contributed by atoms with E-state index in [9.17, 15) is 19.4 Å². The van der Waals surface area contributed by atoms with Gasteiger partial charge in [0.2, 0.25) is 5.91 Å². The van der Waals surface area contributed by atoms with Crippen LogP contribution in [0.1, 0.15) is 174 Å². The normalized spacial score (nSPS) is 14.9. The average Bonchev–Trinajstić information content (AvgIpc) is 3.10. The van der Waals surface area contributed by atoms with E-state index in [-0.39, 0.29) is 19.1 Å². The first-order valence-electron chi connectivity index (χ1n) is 21.5. The largest absolute Gasteiger partial charge is 0.472 e. The van der Waals surface area contributed by atoms with E-state index in [2.05, 4.69) is 55.6 Å². The van der Waals surface area contributed by atoms with Crippen LogP contribution in [0.15, 0.2) is 48.6 Å². The summed E-state index contributed by atoms with van der Waals surface area (Å²) in [5, 5.41) is 13.8. The first-order chi connectivity index (χ1) is 25.5. The minimum absolute atomic E-state index is 0.0507. The minimum Gasteiger partial charge on any atom is -0.387 e. The first kappa shape index (κ1) is 51.5. The molecule has 0 aliphatic carbocycles. The highest BCUT2D eigenvalue weighted by atomic mass is 31.2. The third-order valence-corrected chi connectivity index (χ3v) is 10.2. The Morgan fingerprint density at radius 3 is 1.57 bits per heavy atom. The summed E-state index contributed by atoms with van der Waals surface area (Å²) in [6, 6.07) is -0.872. The molecule has 0 saturated heterocycles. The molecule has 1 amide bonds. The number of likely N-dealkylation sites (N-methyl/N-ethyl adjacent to an activating group) is 1. The lowest BCUT2D eigenvalue weighted by Gasteiger charge is -2.25. The van der Waals surface area contributed by atoms with Gasteiger partial charge in [0, 0.05) is 6.42 Å². The molecule has 3 atom stereocenters. The van der Waals surface area contributed by atoms with Crippen LogP contribution in [-0.2, 0) is 18.4 Å². The highest BCUT2D eigenvalue weighted by Gasteiger charge is 2.27. The quantitative estimate of drug-likeness (QED) is 0.0250. The summed E-state index contributed by atoms with van der Waals surface area (Å²) in [6.07, 6.45) is 44.7. The number of aliphatic hydroxyl groups is 1. The first-order valence-corrected chi connectivity index (χ1v) is 23.0. The van der Waals surface area contributed by atoms with Gasteiger partial charge in [-0.15, -0.1) is 0 Å². The molecule has 0 aliphatic rings. The average molecular weight is 768 g/mol. The smallest absolute Gasteiger partial charge is 0.387 e. The molecule has 310 valence electrons. The number of nitrogens with zero attached hydrogens (tertiary/aromatic N) is 1. The van der Waals surface area contributed by atoms with E-state index in [1.165, 1.54) is 83.5 Å². The summed E-state index contributed by atoms with van der Waals surface area (Å²) in [7, 11) is 1.53. The monoisotopic (exact) mass is 768 g/mol. The number of carbonyl (C=O) groups is 1. The number of amides is 1. The summed E-state index contributed by atoms with van der Waals surface area (Å²) in [6.45, 7) is 4.72. The fraction of sp³-hybridized carbons (Fsp3) is 0.795. The van der Waals surface area contributed by atoms with Crippen molar-refractivity contribution in [2.24, 2.45) is 0 Å². The Labute approximate surface area is 327 Å². The number of phosphoric ester groups is 1. The zero-order valence-corrected chi connectivity index (χ0v) is 35.9. The van der Waals surface area contributed by atoms with Crippen molar-refractivity contribution in [1.29, 1.82) is 0 Å². The van der Waals surface area contributed by atoms with Gasteiger partial charge in [-0.05, 0) is 64.2 Å². The molecular formula is C44H84N2O6P+. The second-order valence-corrected chi connectivity index (χ2v) is 17.1. The van der Waals surface area contributed by atoms with E-state index in [4.69, 9.17) is 9.05 Å². The molecule has 8 nitrogen and oxygen atoms in total. The Bertz CT molecular complexity index is 1010. The van der Waals surface area contributed by atoms with Crippen LogP contribution in [0.2, 0.25) is 0 Å². The SMILES string of the molecule is CCCC/C=C\CCCCCCCC(=O)NC(COP(=O)(O)OCC[N+](C)(C)C)C(O)/C=C/CC/C=C/CC/C=C/CCCCCCCCCCCC. The Kier molecular flexibility index (Phi) is 35.1. The van der Waals surface area contributed by atoms with E-state index in [0.717, 1.165) is 70.6 Å². The van der Waals surface area contributed by atoms with Crippen molar-refractivity contribution in [2.75, 3.05) is 40.9 Å². The lowest BCUT2D eigenvalue weighted by atomic mass is 10.1. The third-order valence-electron chi connectivity index (χ3n) is 9.25. The van der Waals surface area contributed by atoms with Gasteiger partial charge in [0.15, 0.2) is 0 Å². The number of carbonyl (C=O) groups excluding carboxylic acids is 1.